The molecule has 35 heavy (non-hydrogen) atoms. The number of rotatable bonds is 10. The van der Waals surface area contributed by atoms with Crippen LogP contribution in [0.2, 0.25) is 5.02 Å². The molecule has 0 unspecified atom stereocenters. The number of benzene rings is 3. The van der Waals surface area contributed by atoms with E-state index < -0.39 is 0 Å². The van der Waals surface area contributed by atoms with Crippen molar-refractivity contribution in [1.82, 2.24) is 5.43 Å². The van der Waals surface area contributed by atoms with Gasteiger partial charge in [-0.25, -0.2) is 5.43 Å². The Bertz CT molecular complexity index is 1200. The summed E-state index contributed by atoms with van der Waals surface area (Å²) in [7, 11) is 1.54. The van der Waals surface area contributed by atoms with Gasteiger partial charge in [0.1, 0.15) is 6.61 Å². The maximum absolute atomic E-state index is 12.1. The highest BCUT2D eigenvalue weighted by Crippen LogP contribution is 2.36. The predicted molar refractivity (Wildman–Crippen MR) is 141 cm³/mol. The van der Waals surface area contributed by atoms with Gasteiger partial charge in [0.05, 0.1) is 17.8 Å². The van der Waals surface area contributed by atoms with E-state index in [-0.39, 0.29) is 24.7 Å². The zero-order chi connectivity index (χ0) is 25.2. The van der Waals surface area contributed by atoms with E-state index in [1.54, 1.807) is 31.4 Å². The van der Waals surface area contributed by atoms with E-state index in [9.17, 15) is 9.59 Å². The number of nitrogens with zero attached hydrogens (tertiary/aromatic N) is 1. The molecule has 0 fully saturated rings. The molecule has 0 aliphatic carbocycles. The first kappa shape index (κ1) is 26.2. The topological polar surface area (TPSA) is 89.0 Å². The van der Waals surface area contributed by atoms with Gasteiger partial charge < -0.3 is 14.8 Å². The number of methoxy groups -OCH3 is 1. The molecule has 3 rings (SSSR count). The van der Waals surface area contributed by atoms with Crippen LogP contribution in [0.5, 0.6) is 11.5 Å². The highest BCUT2D eigenvalue weighted by Gasteiger charge is 2.12. The van der Waals surface area contributed by atoms with Crippen LogP contribution in [0.1, 0.15) is 29.5 Å². The van der Waals surface area contributed by atoms with E-state index in [4.69, 9.17) is 21.1 Å². The first-order chi connectivity index (χ1) is 16.8. The van der Waals surface area contributed by atoms with Gasteiger partial charge in [0.25, 0.3) is 0 Å². The monoisotopic (exact) mass is 557 g/mol. The lowest BCUT2D eigenvalue weighted by Gasteiger charge is -2.13. The molecule has 2 N–H and O–H groups in total. The maximum Gasteiger partial charge on any atom is 0.240 e. The molecule has 0 aliphatic rings. The molecule has 9 heteroatoms. The van der Waals surface area contributed by atoms with Crippen molar-refractivity contribution in [2.45, 2.75) is 26.4 Å². The van der Waals surface area contributed by atoms with Crippen molar-refractivity contribution in [3.8, 4) is 11.5 Å². The smallest absolute Gasteiger partial charge is 0.240 e. The average Bonchev–Trinajstić information content (AvgIpc) is 2.84. The van der Waals surface area contributed by atoms with Crippen LogP contribution in [0.4, 0.5) is 5.69 Å². The minimum atomic E-state index is -0.366. The lowest BCUT2D eigenvalue weighted by atomic mass is 10.2. The second-order valence-corrected chi connectivity index (χ2v) is 8.95. The number of amides is 2. The number of halogens is 2. The molecule has 3 aromatic carbocycles. The van der Waals surface area contributed by atoms with E-state index in [0.717, 1.165) is 11.1 Å². The Labute approximate surface area is 217 Å². The number of nitrogens with one attached hydrogen (secondary N) is 2. The Balaban J connectivity index is 1.50. The highest BCUT2D eigenvalue weighted by atomic mass is 79.9. The molecule has 0 saturated carbocycles. The minimum Gasteiger partial charge on any atom is -0.493 e. The predicted octanol–water partition coefficient (Wildman–Crippen LogP) is 5.87. The van der Waals surface area contributed by atoms with Gasteiger partial charge in [0.2, 0.25) is 11.8 Å². The van der Waals surface area contributed by atoms with Gasteiger partial charge in [0, 0.05) is 23.6 Å². The SMILES string of the molecule is COc1cc(C=NNC(=O)CCC(=O)Nc2ccc(C)cc2)cc(Br)c1OCc1ccc(Cl)cc1. The average molecular weight is 559 g/mol. The number of hydrogen-bond donors (Lipinski definition) is 2. The zero-order valence-electron chi connectivity index (χ0n) is 19.3. The molecule has 0 saturated heterocycles. The van der Waals surface area contributed by atoms with Crippen molar-refractivity contribution in [3.63, 3.8) is 0 Å². The molecule has 0 heterocycles. The van der Waals surface area contributed by atoms with E-state index >= 15 is 0 Å². The van der Waals surface area contributed by atoms with Crippen LogP contribution >= 0.6 is 27.5 Å². The molecule has 0 aromatic heterocycles. The van der Waals surface area contributed by atoms with Gasteiger partial charge >= 0.3 is 0 Å². The van der Waals surface area contributed by atoms with E-state index in [2.05, 4.69) is 31.8 Å². The molecular formula is C26H25BrClN3O4. The summed E-state index contributed by atoms with van der Waals surface area (Å²) in [6, 6.07) is 18.4. The molecule has 3 aromatic rings. The fourth-order valence-electron chi connectivity index (χ4n) is 3.01. The number of anilines is 1. The molecule has 0 aliphatic heterocycles. The Hall–Kier alpha value is -3.36. The van der Waals surface area contributed by atoms with Crippen LogP contribution in [-0.2, 0) is 16.2 Å². The quantitative estimate of drug-likeness (QED) is 0.241. The summed E-state index contributed by atoms with van der Waals surface area (Å²) in [5.41, 5.74) is 5.88. The largest absolute Gasteiger partial charge is 0.493 e. The molecule has 2 amide bonds. The standard InChI is InChI=1S/C26H25BrClN3O4/c1-17-3-9-21(10-4-17)30-24(32)11-12-25(33)31-29-15-19-13-22(27)26(23(14-19)34-2)35-16-18-5-7-20(28)8-6-18/h3-10,13-15H,11-12,16H2,1-2H3,(H,30,32)(H,31,33). The summed E-state index contributed by atoms with van der Waals surface area (Å²) >= 11 is 9.42. The van der Waals surface area contributed by atoms with Crippen LogP contribution in [0.25, 0.3) is 0 Å². The minimum absolute atomic E-state index is 0.0134. The van der Waals surface area contributed by atoms with Gasteiger partial charge in [-0.2, -0.15) is 5.10 Å². The van der Waals surface area contributed by atoms with Gasteiger partial charge in [-0.3, -0.25) is 9.59 Å². The molecule has 7 nitrogen and oxygen atoms in total. The van der Waals surface area contributed by atoms with Crippen LogP contribution in [0, 0.1) is 6.92 Å². The van der Waals surface area contributed by atoms with Crippen molar-refractivity contribution in [3.05, 3.63) is 86.8 Å². The van der Waals surface area contributed by atoms with Crippen LogP contribution in [-0.4, -0.2) is 25.1 Å². The third kappa shape index (κ3) is 8.42. The summed E-state index contributed by atoms with van der Waals surface area (Å²) < 4.78 is 12.0. The van der Waals surface area contributed by atoms with Crippen molar-refractivity contribution in [1.29, 1.82) is 0 Å². The summed E-state index contributed by atoms with van der Waals surface area (Å²) in [5, 5.41) is 7.40. The second-order valence-electron chi connectivity index (χ2n) is 7.66. The van der Waals surface area contributed by atoms with Gasteiger partial charge in [-0.05, 0) is 70.4 Å². The number of carbonyl (C=O) groups is 2. The Kier molecular flexibility index (Phi) is 9.69. The second kappa shape index (κ2) is 12.9. The normalized spacial score (nSPS) is 10.7. The molecule has 0 spiro atoms. The van der Waals surface area contributed by atoms with Gasteiger partial charge in [-0.1, -0.05) is 41.4 Å². The molecular weight excluding hydrogens is 534 g/mol. The van der Waals surface area contributed by atoms with Gasteiger partial charge in [0.15, 0.2) is 11.5 Å². The van der Waals surface area contributed by atoms with Crippen LogP contribution < -0.4 is 20.2 Å². The zero-order valence-corrected chi connectivity index (χ0v) is 21.7. The summed E-state index contributed by atoms with van der Waals surface area (Å²) in [6.45, 7) is 2.31. The Morgan fingerprint density at radius 2 is 1.71 bits per heavy atom. The number of ether oxygens (including phenoxy) is 2. The lowest BCUT2D eigenvalue weighted by molar-refractivity contribution is -0.124. The first-order valence-corrected chi connectivity index (χ1v) is 11.9. The van der Waals surface area contributed by atoms with Crippen LogP contribution in [0.3, 0.4) is 0 Å². The Morgan fingerprint density at radius 3 is 2.40 bits per heavy atom. The summed E-state index contributed by atoms with van der Waals surface area (Å²) in [4.78, 5) is 24.1. The highest BCUT2D eigenvalue weighted by molar-refractivity contribution is 9.10. The van der Waals surface area contributed by atoms with Crippen molar-refractivity contribution in [2.75, 3.05) is 12.4 Å². The molecule has 0 bridgehead atoms. The van der Waals surface area contributed by atoms with E-state index in [1.807, 2.05) is 43.3 Å². The number of hydrogen-bond acceptors (Lipinski definition) is 5. The fourth-order valence-corrected chi connectivity index (χ4v) is 3.71. The van der Waals surface area contributed by atoms with E-state index in [0.29, 0.717) is 38.9 Å². The van der Waals surface area contributed by atoms with Crippen molar-refractivity contribution < 1.29 is 19.1 Å². The number of carbonyl (C=O) groups excluding carboxylic acids is 2. The number of aryl methyl sites for hydroxylation is 1. The summed E-state index contributed by atoms with van der Waals surface area (Å²) in [5.74, 6) is 0.446. The van der Waals surface area contributed by atoms with Crippen molar-refractivity contribution in [2.24, 2.45) is 5.10 Å². The molecule has 0 atom stereocenters. The third-order valence-corrected chi connectivity index (χ3v) is 5.71. The number of hydrazone groups is 1. The van der Waals surface area contributed by atoms with E-state index in [1.165, 1.54) is 6.21 Å². The summed E-state index contributed by atoms with van der Waals surface area (Å²) in [6.07, 6.45) is 1.55. The van der Waals surface area contributed by atoms with Crippen LogP contribution in [0.15, 0.2) is 70.2 Å². The third-order valence-electron chi connectivity index (χ3n) is 4.87. The molecule has 182 valence electrons. The van der Waals surface area contributed by atoms with Gasteiger partial charge in [-0.15, -0.1) is 0 Å². The maximum atomic E-state index is 12.1. The van der Waals surface area contributed by atoms with Crippen molar-refractivity contribution >= 4 is 51.2 Å². The first-order valence-electron chi connectivity index (χ1n) is 10.8. The Morgan fingerprint density at radius 1 is 1.03 bits per heavy atom. The fraction of sp³-hybridized carbons (Fsp3) is 0.192. The lowest BCUT2D eigenvalue weighted by Crippen LogP contribution is -2.20. The molecule has 0 radical (unpaired) electrons.